The molecule has 4 heteroatoms. The average molecular weight is 262 g/mol. The smallest absolute Gasteiger partial charge is 0.135 e. The molecule has 1 aromatic carbocycles. The number of rotatable bonds is 3. The summed E-state index contributed by atoms with van der Waals surface area (Å²) in [6.45, 7) is 1.90. The summed E-state index contributed by atoms with van der Waals surface area (Å²) in [6.07, 6.45) is 2.27. The van der Waals surface area contributed by atoms with Gasteiger partial charge in [-0.3, -0.25) is 0 Å². The minimum atomic E-state index is -1.26. The summed E-state index contributed by atoms with van der Waals surface area (Å²) in [5, 5.41) is 11.0. The molecular weight excluding hydrogens is 252 g/mol. The molecule has 0 aliphatic rings. The van der Waals surface area contributed by atoms with Crippen molar-refractivity contribution in [2.24, 2.45) is 0 Å². The van der Waals surface area contributed by atoms with E-state index >= 15 is 0 Å². The van der Waals surface area contributed by atoms with Crippen molar-refractivity contribution < 1.29 is 14.3 Å². The number of hydrogen-bond acceptors (Lipinski definition) is 3. The maximum Gasteiger partial charge on any atom is 0.135 e. The molecule has 0 atom stereocenters. The standard InChI is InChI=1S/C14H11ClO3/c1-9-11(3-2-4-12(9)15)13-7-5-10(18-13)6-8-14(16)17/h2-8H,1H3,(H,16,17)/p-1/b8-6+. The Labute approximate surface area is 109 Å². The molecule has 1 heterocycles. The third-order valence-electron chi connectivity index (χ3n) is 2.54. The van der Waals surface area contributed by atoms with E-state index in [2.05, 4.69) is 0 Å². The SMILES string of the molecule is Cc1c(Cl)cccc1-c1ccc(/C=C/C(=O)[O-])o1. The number of halogens is 1. The highest BCUT2D eigenvalue weighted by Crippen LogP contribution is 2.29. The van der Waals surface area contributed by atoms with E-state index in [0.29, 0.717) is 16.5 Å². The fourth-order valence-electron chi connectivity index (χ4n) is 1.61. The third-order valence-corrected chi connectivity index (χ3v) is 2.95. The second-order valence-electron chi connectivity index (χ2n) is 3.77. The average Bonchev–Trinajstić information content (AvgIpc) is 2.78. The fourth-order valence-corrected chi connectivity index (χ4v) is 1.79. The fraction of sp³-hybridized carbons (Fsp3) is 0.0714. The highest BCUT2D eigenvalue weighted by atomic mass is 35.5. The van der Waals surface area contributed by atoms with Gasteiger partial charge in [-0.2, -0.15) is 0 Å². The Morgan fingerprint density at radius 3 is 2.83 bits per heavy atom. The molecular formula is C14H10ClO3-. The van der Waals surface area contributed by atoms with Crippen LogP contribution in [0, 0.1) is 6.92 Å². The van der Waals surface area contributed by atoms with E-state index in [9.17, 15) is 9.90 Å². The largest absolute Gasteiger partial charge is 0.545 e. The van der Waals surface area contributed by atoms with Crippen molar-refractivity contribution in [3.8, 4) is 11.3 Å². The number of carboxylic acids is 1. The second kappa shape index (κ2) is 5.10. The molecule has 0 fully saturated rings. The molecule has 0 bridgehead atoms. The minimum Gasteiger partial charge on any atom is -0.545 e. The first-order chi connectivity index (χ1) is 8.58. The second-order valence-corrected chi connectivity index (χ2v) is 4.17. The number of carbonyl (C=O) groups excluding carboxylic acids is 1. The number of carboxylic acid groups (broad SMARTS) is 1. The Bertz CT molecular complexity index is 611. The zero-order chi connectivity index (χ0) is 13.1. The first kappa shape index (κ1) is 12.5. The molecule has 0 spiro atoms. The molecule has 0 saturated carbocycles. The van der Waals surface area contributed by atoms with Gasteiger partial charge in [0.25, 0.3) is 0 Å². The maximum atomic E-state index is 10.3. The lowest BCUT2D eigenvalue weighted by Crippen LogP contribution is -2.18. The summed E-state index contributed by atoms with van der Waals surface area (Å²) >= 11 is 6.03. The van der Waals surface area contributed by atoms with Crippen LogP contribution < -0.4 is 5.11 Å². The van der Waals surface area contributed by atoms with E-state index in [-0.39, 0.29) is 0 Å². The Morgan fingerprint density at radius 1 is 1.33 bits per heavy atom. The van der Waals surface area contributed by atoms with Crippen LogP contribution in [0.1, 0.15) is 11.3 Å². The number of benzene rings is 1. The van der Waals surface area contributed by atoms with Crippen LogP contribution in [-0.2, 0) is 4.79 Å². The van der Waals surface area contributed by atoms with Crippen molar-refractivity contribution in [1.82, 2.24) is 0 Å². The van der Waals surface area contributed by atoms with E-state index in [1.165, 1.54) is 6.08 Å². The zero-order valence-electron chi connectivity index (χ0n) is 9.64. The maximum absolute atomic E-state index is 10.3. The molecule has 0 aliphatic heterocycles. The van der Waals surface area contributed by atoms with Crippen molar-refractivity contribution in [2.45, 2.75) is 6.92 Å². The lowest BCUT2D eigenvalue weighted by Gasteiger charge is -2.03. The van der Waals surface area contributed by atoms with Gasteiger partial charge < -0.3 is 14.3 Å². The van der Waals surface area contributed by atoms with Gasteiger partial charge in [-0.05, 0) is 42.8 Å². The van der Waals surface area contributed by atoms with Crippen molar-refractivity contribution in [3.05, 3.63) is 52.8 Å². The summed E-state index contributed by atoms with van der Waals surface area (Å²) < 4.78 is 5.52. The van der Waals surface area contributed by atoms with Gasteiger partial charge >= 0.3 is 0 Å². The van der Waals surface area contributed by atoms with Gasteiger partial charge in [-0.25, -0.2) is 0 Å². The topological polar surface area (TPSA) is 53.3 Å². The molecule has 92 valence electrons. The van der Waals surface area contributed by atoms with Gasteiger partial charge in [0.1, 0.15) is 11.5 Å². The van der Waals surface area contributed by atoms with Crippen LogP contribution in [0.25, 0.3) is 17.4 Å². The van der Waals surface area contributed by atoms with Gasteiger partial charge in [0.2, 0.25) is 0 Å². The van der Waals surface area contributed by atoms with Gasteiger partial charge in [0, 0.05) is 10.6 Å². The van der Waals surface area contributed by atoms with Crippen molar-refractivity contribution in [2.75, 3.05) is 0 Å². The monoisotopic (exact) mass is 261 g/mol. The molecule has 3 nitrogen and oxygen atoms in total. The molecule has 0 aliphatic carbocycles. The lowest BCUT2D eigenvalue weighted by molar-refractivity contribution is -0.297. The van der Waals surface area contributed by atoms with Crippen LogP contribution in [0.5, 0.6) is 0 Å². The van der Waals surface area contributed by atoms with E-state index < -0.39 is 5.97 Å². The van der Waals surface area contributed by atoms with E-state index in [0.717, 1.165) is 17.2 Å². The number of furan rings is 1. The Hall–Kier alpha value is -2.00. The van der Waals surface area contributed by atoms with Gasteiger partial charge in [0.15, 0.2) is 0 Å². The predicted molar refractivity (Wildman–Crippen MR) is 67.9 cm³/mol. The summed E-state index contributed by atoms with van der Waals surface area (Å²) in [4.78, 5) is 10.3. The van der Waals surface area contributed by atoms with Crippen molar-refractivity contribution >= 4 is 23.6 Å². The first-order valence-electron chi connectivity index (χ1n) is 5.32. The Morgan fingerprint density at radius 2 is 2.11 bits per heavy atom. The van der Waals surface area contributed by atoms with Crippen molar-refractivity contribution in [1.29, 1.82) is 0 Å². The number of aliphatic carboxylic acids is 1. The normalized spacial score (nSPS) is 11.0. The minimum absolute atomic E-state index is 0.452. The molecule has 0 N–H and O–H groups in total. The summed E-state index contributed by atoms with van der Waals surface area (Å²) in [5.74, 6) is -0.159. The highest BCUT2D eigenvalue weighted by Gasteiger charge is 2.08. The quantitative estimate of drug-likeness (QED) is 0.798. The lowest BCUT2D eigenvalue weighted by atomic mass is 10.1. The molecule has 1 aromatic heterocycles. The van der Waals surface area contributed by atoms with Crippen LogP contribution in [0.15, 0.2) is 40.8 Å². The molecule has 18 heavy (non-hydrogen) atoms. The third kappa shape index (κ3) is 2.63. The number of hydrogen-bond donors (Lipinski definition) is 0. The molecule has 0 saturated heterocycles. The Kier molecular flexibility index (Phi) is 3.53. The highest BCUT2D eigenvalue weighted by molar-refractivity contribution is 6.31. The van der Waals surface area contributed by atoms with Crippen LogP contribution in [0.3, 0.4) is 0 Å². The van der Waals surface area contributed by atoms with Gasteiger partial charge in [0.05, 0.1) is 5.97 Å². The summed E-state index contributed by atoms with van der Waals surface area (Å²) in [6, 6.07) is 9.00. The van der Waals surface area contributed by atoms with E-state index in [1.54, 1.807) is 18.2 Å². The summed E-state index contributed by atoms with van der Waals surface area (Å²) in [5.41, 5.74) is 1.81. The van der Waals surface area contributed by atoms with Gasteiger partial charge in [-0.15, -0.1) is 0 Å². The predicted octanol–water partition coefficient (Wildman–Crippen LogP) is 2.67. The first-order valence-corrected chi connectivity index (χ1v) is 5.70. The molecule has 2 rings (SSSR count). The Balaban J connectivity index is 2.35. The van der Waals surface area contributed by atoms with Gasteiger partial charge in [-0.1, -0.05) is 23.7 Å². The number of carbonyl (C=O) groups is 1. The molecule has 2 aromatic rings. The van der Waals surface area contributed by atoms with Crippen LogP contribution >= 0.6 is 11.6 Å². The molecule has 0 unspecified atom stereocenters. The van der Waals surface area contributed by atoms with E-state index in [1.807, 2.05) is 19.1 Å². The zero-order valence-corrected chi connectivity index (χ0v) is 10.4. The van der Waals surface area contributed by atoms with Crippen LogP contribution in [0.2, 0.25) is 5.02 Å². The van der Waals surface area contributed by atoms with E-state index in [4.69, 9.17) is 16.0 Å². The van der Waals surface area contributed by atoms with Crippen LogP contribution in [0.4, 0.5) is 0 Å². The van der Waals surface area contributed by atoms with Crippen LogP contribution in [-0.4, -0.2) is 5.97 Å². The molecule has 0 radical (unpaired) electrons. The molecule has 0 amide bonds. The summed E-state index contributed by atoms with van der Waals surface area (Å²) in [7, 11) is 0. The van der Waals surface area contributed by atoms with Crippen molar-refractivity contribution in [3.63, 3.8) is 0 Å².